The summed E-state index contributed by atoms with van der Waals surface area (Å²) in [5.74, 6) is 5.81. The smallest absolute Gasteiger partial charge is 0.159 e. The van der Waals surface area contributed by atoms with Crippen molar-refractivity contribution in [2.45, 2.75) is 13.8 Å². The molecule has 72 valence electrons. The molecule has 0 radical (unpaired) electrons. The molecule has 0 saturated heterocycles. The van der Waals surface area contributed by atoms with E-state index in [0.29, 0.717) is 6.54 Å². The van der Waals surface area contributed by atoms with Gasteiger partial charge in [0, 0.05) is 11.1 Å². The standard InChI is InChI=1S/C12H13NO/c1-9-8-12(10(2)14)6-5-11(9)4-3-7-13/h5-6,8H,7,13H2,1-2H3. The van der Waals surface area contributed by atoms with Crippen molar-refractivity contribution in [2.24, 2.45) is 5.73 Å². The van der Waals surface area contributed by atoms with Gasteiger partial charge in [0.1, 0.15) is 0 Å². The van der Waals surface area contributed by atoms with Crippen LogP contribution in [-0.4, -0.2) is 12.3 Å². The normalized spacial score (nSPS) is 9.07. The van der Waals surface area contributed by atoms with Crippen LogP contribution in [-0.2, 0) is 0 Å². The number of benzene rings is 1. The van der Waals surface area contributed by atoms with Crippen molar-refractivity contribution in [2.75, 3.05) is 6.54 Å². The zero-order valence-corrected chi connectivity index (χ0v) is 8.42. The van der Waals surface area contributed by atoms with Crippen LogP contribution in [0.1, 0.15) is 28.4 Å². The maximum Gasteiger partial charge on any atom is 0.159 e. The van der Waals surface area contributed by atoms with Gasteiger partial charge in [-0.1, -0.05) is 17.9 Å². The van der Waals surface area contributed by atoms with Crippen molar-refractivity contribution < 1.29 is 4.79 Å². The van der Waals surface area contributed by atoms with Crippen molar-refractivity contribution in [3.8, 4) is 11.8 Å². The van der Waals surface area contributed by atoms with Crippen molar-refractivity contribution in [3.63, 3.8) is 0 Å². The molecule has 0 aliphatic carbocycles. The van der Waals surface area contributed by atoms with Crippen LogP contribution < -0.4 is 5.73 Å². The number of ketones is 1. The Labute approximate surface area is 84.1 Å². The highest BCUT2D eigenvalue weighted by molar-refractivity contribution is 5.94. The summed E-state index contributed by atoms with van der Waals surface area (Å²) in [6.07, 6.45) is 0. The first-order valence-corrected chi connectivity index (χ1v) is 4.45. The van der Waals surface area contributed by atoms with E-state index < -0.39 is 0 Å². The Morgan fingerprint density at radius 3 is 2.71 bits per heavy atom. The number of nitrogens with two attached hydrogens (primary N) is 1. The number of carbonyl (C=O) groups excluding carboxylic acids is 1. The number of hydrogen-bond acceptors (Lipinski definition) is 2. The van der Waals surface area contributed by atoms with Crippen LogP contribution in [0.3, 0.4) is 0 Å². The fraction of sp³-hybridized carbons (Fsp3) is 0.250. The minimum absolute atomic E-state index is 0.0754. The molecule has 0 fully saturated rings. The predicted octanol–water partition coefficient (Wildman–Crippen LogP) is 1.51. The lowest BCUT2D eigenvalue weighted by atomic mass is 10.0. The lowest BCUT2D eigenvalue weighted by molar-refractivity contribution is 0.101. The maximum atomic E-state index is 11.1. The lowest BCUT2D eigenvalue weighted by Crippen LogP contribution is -1.95. The van der Waals surface area contributed by atoms with Gasteiger partial charge in [0.15, 0.2) is 5.78 Å². The lowest BCUT2D eigenvalue weighted by Gasteiger charge is -2.00. The Hall–Kier alpha value is -1.59. The van der Waals surface area contributed by atoms with Crippen LogP contribution in [0.2, 0.25) is 0 Å². The number of carbonyl (C=O) groups is 1. The van der Waals surface area contributed by atoms with Crippen LogP contribution in [0.5, 0.6) is 0 Å². The van der Waals surface area contributed by atoms with Crippen LogP contribution >= 0.6 is 0 Å². The van der Waals surface area contributed by atoms with Crippen molar-refractivity contribution >= 4 is 5.78 Å². The summed E-state index contributed by atoms with van der Waals surface area (Å²) >= 11 is 0. The second-order valence-electron chi connectivity index (χ2n) is 3.09. The molecule has 0 bridgehead atoms. The monoisotopic (exact) mass is 187 g/mol. The van der Waals surface area contributed by atoms with Crippen LogP contribution in [0, 0.1) is 18.8 Å². The van der Waals surface area contributed by atoms with Crippen molar-refractivity contribution in [3.05, 3.63) is 34.9 Å². The Kier molecular flexibility index (Phi) is 3.44. The largest absolute Gasteiger partial charge is 0.320 e. The molecule has 1 aromatic rings. The van der Waals surface area contributed by atoms with E-state index in [4.69, 9.17) is 5.73 Å². The number of hydrogen-bond donors (Lipinski definition) is 1. The molecular weight excluding hydrogens is 174 g/mol. The zero-order chi connectivity index (χ0) is 10.6. The highest BCUT2D eigenvalue weighted by Crippen LogP contribution is 2.10. The van der Waals surface area contributed by atoms with Gasteiger partial charge in [-0.15, -0.1) is 0 Å². The molecule has 14 heavy (non-hydrogen) atoms. The van der Waals surface area contributed by atoms with Gasteiger partial charge >= 0.3 is 0 Å². The molecule has 2 heteroatoms. The average Bonchev–Trinajstić information content (AvgIpc) is 2.15. The number of rotatable bonds is 1. The average molecular weight is 187 g/mol. The fourth-order valence-electron chi connectivity index (χ4n) is 1.17. The van der Waals surface area contributed by atoms with E-state index in [0.717, 1.165) is 16.7 Å². The topological polar surface area (TPSA) is 43.1 Å². The molecule has 0 atom stereocenters. The molecule has 2 nitrogen and oxygen atoms in total. The summed E-state index contributed by atoms with van der Waals surface area (Å²) in [7, 11) is 0. The van der Waals surface area contributed by atoms with Gasteiger partial charge in [-0.2, -0.15) is 0 Å². The van der Waals surface area contributed by atoms with E-state index in [2.05, 4.69) is 11.8 Å². The second kappa shape index (κ2) is 4.59. The van der Waals surface area contributed by atoms with Gasteiger partial charge in [-0.25, -0.2) is 0 Å². The molecular formula is C12H13NO. The first-order chi connectivity index (χ1) is 6.65. The Morgan fingerprint density at radius 2 is 2.21 bits per heavy atom. The van der Waals surface area contributed by atoms with Gasteiger partial charge in [-0.3, -0.25) is 4.79 Å². The molecule has 0 spiro atoms. The summed E-state index contributed by atoms with van der Waals surface area (Å²) in [6, 6.07) is 5.49. The molecule has 0 amide bonds. The summed E-state index contributed by atoms with van der Waals surface area (Å²) in [5, 5.41) is 0. The molecule has 1 aromatic carbocycles. The summed E-state index contributed by atoms with van der Waals surface area (Å²) in [6.45, 7) is 3.85. The number of aryl methyl sites for hydroxylation is 1. The third-order valence-electron chi connectivity index (χ3n) is 1.96. The van der Waals surface area contributed by atoms with Gasteiger partial charge in [0.2, 0.25) is 0 Å². The van der Waals surface area contributed by atoms with E-state index in [1.165, 1.54) is 0 Å². The summed E-state index contributed by atoms with van der Waals surface area (Å²) < 4.78 is 0. The molecule has 0 aliphatic heterocycles. The van der Waals surface area contributed by atoms with Gasteiger partial charge < -0.3 is 5.73 Å². The first kappa shape index (κ1) is 10.5. The first-order valence-electron chi connectivity index (χ1n) is 4.45. The predicted molar refractivity (Wildman–Crippen MR) is 57.1 cm³/mol. The van der Waals surface area contributed by atoms with E-state index in [1.54, 1.807) is 13.0 Å². The third-order valence-corrected chi connectivity index (χ3v) is 1.96. The molecule has 0 aliphatic rings. The summed E-state index contributed by atoms with van der Waals surface area (Å²) in [5.41, 5.74) is 7.94. The van der Waals surface area contributed by atoms with Crippen molar-refractivity contribution in [1.82, 2.24) is 0 Å². The van der Waals surface area contributed by atoms with Gasteiger partial charge in [0.05, 0.1) is 6.54 Å². The Bertz CT molecular complexity index is 410. The molecule has 0 unspecified atom stereocenters. The minimum Gasteiger partial charge on any atom is -0.320 e. The van der Waals surface area contributed by atoms with Crippen LogP contribution in [0.4, 0.5) is 0 Å². The van der Waals surface area contributed by atoms with Crippen LogP contribution in [0.15, 0.2) is 18.2 Å². The second-order valence-corrected chi connectivity index (χ2v) is 3.09. The molecule has 0 saturated carbocycles. The molecule has 1 rings (SSSR count). The molecule has 2 N–H and O–H groups in total. The van der Waals surface area contributed by atoms with E-state index in [9.17, 15) is 4.79 Å². The zero-order valence-electron chi connectivity index (χ0n) is 8.42. The quantitative estimate of drug-likeness (QED) is 0.535. The Morgan fingerprint density at radius 1 is 1.50 bits per heavy atom. The van der Waals surface area contributed by atoms with E-state index in [1.807, 2.05) is 19.1 Å². The Balaban J connectivity index is 3.07. The van der Waals surface area contributed by atoms with E-state index in [-0.39, 0.29) is 5.78 Å². The maximum absolute atomic E-state index is 11.1. The minimum atomic E-state index is 0.0754. The highest BCUT2D eigenvalue weighted by atomic mass is 16.1. The van der Waals surface area contributed by atoms with Crippen molar-refractivity contribution in [1.29, 1.82) is 0 Å². The van der Waals surface area contributed by atoms with Gasteiger partial charge in [0.25, 0.3) is 0 Å². The SMILES string of the molecule is CC(=O)c1ccc(C#CCN)c(C)c1. The van der Waals surface area contributed by atoms with Gasteiger partial charge in [-0.05, 0) is 31.5 Å². The van der Waals surface area contributed by atoms with E-state index >= 15 is 0 Å². The molecule has 0 aromatic heterocycles. The fourth-order valence-corrected chi connectivity index (χ4v) is 1.17. The highest BCUT2D eigenvalue weighted by Gasteiger charge is 2.01. The number of Topliss-reactive ketones (excluding diaryl/α,β-unsaturated/α-hetero) is 1. The summed E-state index contributed by atoms with van der Waals surface area (Å²) in [4.78, 5) is 11.1. The van der Waals surface area contributed by atoms with Crippen LogP contribution in [0.25, 0.3) is 0 Å². The molecule has 0 heterocycles. The third kappa shape index (κ3) is 2.45.